The van der Waals surface area contributed by atoms with Crippen LogP contribution in [0.3, 0.4) is 0 Å². The van der Waals surface area contributed by atoms with Gasteiger partial charge in [0.15, 0.2) is 0 Å². The third kappa shape index (κ3) is 12.3. The third-order valence-electron chi connectivity index (χ3n) is 7.69. The van der Waals surface area contributed by atoms with Crippen molar-refractivity contribution in [1.29, 1.82) is 0 Å². The van der Waals surface area contributed by atoms with E-state index >= 15 is 0 Å². The smallest absolute Gasteiger partial charge is 0.295 e. The quantitative estimate of drug-likeness (QED) is 0.0241. The van der Waals surface area contributed by atoms with Crippen molar-refractivity contribution in [1.82, 2.24) is 20.6 Å². The van der Waals surface area contributed by atoms with E-state index < -0.39 is 10.1 Å². The number of pyridine rings is 2. The predicted octanol–water partition coefficient (Wildman–Crippen LogP) is 6.87. The second-order valence-electron chi connectivity index (χ2n) is 11.6. The molecule has 0 unspecified atom stereocenters. The summed E-state index contributed by atoms with van der Waals surface area (Å²) in [6.45, 7) is 0.845. The summed E-state index contributed by atoms with van der Waals surface area (Å²) in [6.07, 6.45) is 3.80. The molecule has 16 heteroatoms. The Bertz CT molecular complexity index is 2170. The molecular formula is C38H36Cl2N6O6S2. The Morgan fingerprint density at radius 1 is 0.870 bits per heavy atom. The first kappa shape index (κ1) is 40.2. The van der Waals surface area contributed by atoms with Gasteiger partial charge >= 0.3 is 0 Å². The molecule has 5 aromatic rings. The highest BCUT2D eigenvalue weighted by atomic mass is 35.5. The van der Waals surface area contributed by atoms with Crippen molar-refractivity contribution in [2.75, 3.05) is 25.1 Å². The van der Waals surface area contributed by atoms with E-state index in [4.69, 9.17) is 32.9 Å². The van der Waals surface area contributed by atoms with Crippen molar-refractivity contribution in [3.05, 3.63) is 141 Å². The molecule has 280 valence electrons. The zero-order chi connectivity index (χ0) is 38.3. The van der Waals surface area contributed by atoms with Gasteiger partial charge in [-0.3, -0.25) is 24.6 Å². The van der Waals surface area contributed by atoms with Crippen molar-refractivity contribution in [2.45, 2.75) is 34.8 Å². The highest BCUT2D eigenvalue weighted by Gasteiger charge is 2.15. The predicted molar refractivity (Wildman–Crippen MR) is 211 cm³/mol. The van der Waals surface area contributed by atoms with Gasteiger partial charge in [0, 0.05) is 54.8 Å². The van der Waals surface area contributed by atoms with E-state index in [9.17, 15) is 22.6 Å². The van der Waals surface area contributed by atoms with Gasteiger partial charge < -0.3 is 15.4 Å². The Hall–Kier alpha value is -4.99. The molecule has 2 aromatic heterocycles. The normalized spacial score (nSPS) is 11.3. The van der Waals surface area contributed by atoms with Crippen LogP contribution >= 0.6 is 35.0 Å². The largest absolute Gasteiger partial charge is 0.491 e. The van der Waals surface area contributed by atoms with Crippen molar-refractivity contribution in [3.63, 3.8) is 0 Å². The fourth-order valence-corrected chi connectivity index (χ4v) is 7.26. The highest BCUT2D eigenvalue weighted by Crippen LogP contribution is 2.36. The topological polar surface area (TPSA) is 172 Å². The third-order valence-corrected chi connectivity index (χ3v) is 10.6. The molecule has 2 heterocycles. The molecule has 0 saturated carbocycles. The lowest BCUT2D eigenvalue weighted by Gasteiger charge is -2.13. The van der Waals surface area contributed by atoms with Crippen LogP contribution in [0.5, 0.6) is 5.75 Å². The molecule has 0 bridgehead atoms. The molecule has 0 fully saturated rings. The average molecular weight is 808 g/mol. The van der Waals surface area contributed by atoms with Gasteiger partial charge in [0.25, 0.3) is 16.0 Å². The number of rotatable bonds is 18. The van der Waals surface area contributed by atoms with Crippen molar-refractivity contribution < 1.29 is 27.3 Å². The number of hydrogen-bond donors (Lipinski definition) is 4. The molecule has 0 radical (unpaired) electrons. The van der Waals surface area contributed by atoms with E-state index in [2.05, 4.69) is 26.1 Å². The lowest BCUT2D eigenvalue weighted by atomic mass is 10.1. The number of anilines is 1. The second kappa shape index (κ2) is 19.9. The Kier molecular flexibility index (Phi) is 14.8. The molecule has 0 aliphatic rings. The molecule has 4 N–H and O–H groups in total. The zero-order valence-electron chi connectivity index (χ0n) is 28.7. The van der Waals surface area contributed by atoms with Crippen molar-refractivity contribution in [2.24, 2.45) is 5.10 Å². The number of nitrogens with zero attached hydrogens (tertiary/aromatic N) is 3. The fourth-order valence-electron chi connectivity index (χ4n) is 5.00. The Balaban J connectivity index is 1.09. The van der Waals surface area contributed by atoms with Gasteiger partial charge in [0.05, 0.1) is 39.8 Å². The van der Waals surface area contributed by atoms with Gasteiger partial charge in [-0.2, -0.15) is 13.5 Å². The summed E-state index contributed by atoms with van der Waals surface area (Å²) in [5, 5.41) is 10.7. The molecule has 2 amide bonds. The minimum absolute atomic E-state index is 0.158. The number of benzene rings is 3. The second-order valence-corrected chi connectivity index (χ2v) is 14.8. The molecule has 12 nitrogen and oxygen atoms in total. The van der Waals surface area contributed by atoms with Crippen LogP contribution in [-0.2, 0) is 33.5 Å². The number of carbonyl (C=O) groups excluding carboxylic acids is 2. The molecule has 0 atom stereocenters. The van der Waals surface area contributed by atoms with Gasteiger partial charge in [-0.05, 0) is 48.0 Å². The van der Waals surface area contributed by atoms with Crippen LogP contribution in [0.4, 0.5) is 5.82 Å². The number of nitrogens with one attached hydrogen (secondary N) is 3. The molecule has 0 spiro atoms. The monoisotopic (exact) mass is 806 g/mol. The number of aromatic nitrogens is 2. The maximum Gasteiger partial charge on any atom is 0.295 e. The summed E-state index contributed by atoms with van der Waals surface area (Å²) >= 11 is 14.2. The number of ether oxygens (including phenoxy) is 1. The number of aryl methyl sites for hydroxylation is 1. The zero-order valence-corrected chi connectivity index (χ0v) is 31.9. The Morgan fingerprint density at radius 3 is 2.35 bits per heavy atom. The van der Waals surface area contributed by atoms with E-state index in [0.29, 0.717) is 46.1 Å². The van der Waals surface area contributed by atoms with Crippen LogP contribution in [-0.4, -0.2) is 60.7 Å². The van der Waals surface area contributed by atoms with Crippen LogP contribution in [0.25, 0.3) is 0 Å². The highest BCUT2D eigenvalue weighted by molar-refractivity contribution is 7.98. The van der Waals surface area contributed by atoms with Crippen LogP contribution < -0.4 is 20.8 Å². The first-order valence-electron chi connectivity index (χ1n) is 16.7. The Morgan fingerprint density at radius 2 is 1.61 bits per heavy atom. The van der Waals surface area contributed by atoms with Gasteiger partial charge in [-0.15, -0.1) is 11.8 Å². The molecule has 0 aliphatic carbocycles. The Labute approximate surface area is 327 Å². The number of amides is 2. The summed E-state index contributed by atoms with van der Waals surface area (Å²) < 4.78 is 38.6. The van der Waals surface area contributed by atoms with Crippen LogP contribution in [0.15, 0.2) is 118 Å². The van der Waals surface area contributed by atoms with Crippen molar-refractivity contribution >= 4 is 68.9 Å². The summed E-state index contributed by atoms with van der Waals surface area (Å²) in [6, 6.07) is 28.0. The first-order valence-corrected chi connectivity index (χ1v) is 19.8. The average Bonchev–Trinajstić information content (AvgIpc) is 3.16. The van der Waals surface area contributed by atoms with Gasteiger partial charge in [0.1, 0.15) is 16.5 Å². The van der Waals surface area contributed by atoms with Crippen LogP contribution in [0.1, 0.15) is 39.3 Å². The number of carbonyl (C=O) groups is 2. The SMILES string of the molecule is O=C(CCc1nc(CSc2c(Cl)cccc2Cl)ccc1OCCc1ccccc1)NCCNC(=O)c1ccc(N/N=C/c2ccccc2S(=O)(=O)O)nc1. The number of hydrazone groups is 1. The van der Waals surface area contributed by atoms with E-state index in [1.807, 2.05) is 42.5 Å². The summed E-state index contributed by atoms with van der Waals surface area (Å²) in [4.78, 5) is 34.9. The number of hydrogen-bond acceptors (Lipinski definition) is 10. The van der Waals surface area contributed by atoms with Gasteiger partial charge in [0.2, 0.25) is 5.91 Å². The lowest BCUT2D eigenvalue weighted by molar-refractivity contribution is -0.121. The molecule has 3 aromatic carbocycles. The molecule has 54 heavy (non-hydrogen) atoms. The molecule has 0 saturated heterocycles. The summed E-state index contributed by atoms with van der Waals surface area (Å²) in [5.41, 5.74) is 5.71. The van der Waals surface area contributed by atoms with E-state index in [-0.39, 0.29) is 47.3 Å². The summed E-state index contributed by atoms with van der Waals surface area (Å²) in [7, 11) is -4.41. The minimum Gasteiger partial charge on any atom is -0.491 e. The number of thioether (sulfide) groups is 1. The maximum atomic E-state index is 12.8. The van der Waals surface area contributed by atoms with Crippen LogP contribution in [0, 0.1) is 0 Å². The van der Waals surface area contributed by atoms with Crippen molar-refractivity contribution in [3.8, 4) is 5.75 Å². The maximum absolute atomic E-state index is 12.8. The van der Waals surface area contributed by atoms with Crippen LogP contribution in [0.2, 0.25) is 10.0 Å². The van der Waals surface area contributed by atoms with E-state index in [0.717, 1.165) is 22.6 Å². The lowest BCUT2D eigenvalue weighted by Crippen LogP contribution is -2.34. The summed E-state index contributed by atoms with van der Waals surface area (Å²) in [5.74, 6) is 0.834. The molecule has 0 aliphatic heterocycles. The van der Waals surface area contributed by atoms with E-state index in [1.165, 1.54) is 54.5 Å². The fraction of sp³-hybridized carbons (Fsp3) is 0.184. The standard InChI is InChI=1S/C38H36Cl2N6O6S2/c39-30-10-6-11-31(40)37(30)53-25-29-14-16-33(52-22-19-26-7-2-1-3-8-26)32(45-29)15-18-36(47)41-20-21-42-38(48)28-13-17-35(43-23-28)46-44-24-27-9-4-5-12-34(27)54(49,50)51/h1-14,16-17,23-24H,15,18-22,25H2,(H,41,47)(H,42,48)(H,43,46)(H,49,50,51)/b44-24+. The number of halogens is 2. The molecular weight excluding hydrogens is 771 g/mol. The van der Waals surface area contributed by atoms with Gasteiger partial charge in [-0.25, -0.2) is 4.98 Å². The molecule has 5 rings (SSSR count). The first-order chi connectivity index (χ1) is 26.1. The van der Waals surface area contributed by atoms with Gasteiger partial charge in [-0.1, -0.05) is 77.8 Å². The van der Waals surface area contributed by atoms with E-state index in [1.54, 1.807) is 24.3 Å². The minimum atomic E-state index is -4.41.